The van der Waals surface area contributed by atoms with Crippen LogP contribution in [0.25, 0.3) is 16.9 Å². The molecule has 1 aliphatic heterocycles. The summed E-state index contributed by atoms with van der Waals surface area (Å²) in [4.78, 5) is 26.9. The van der Waals surface area contributed by atoms with E-state index in [2.05, 4.69) is 10.4 Å². The van der Waals surface area contributed by atoms with E-state index in [-0.39, 0.29) is 17.6 Å². The fourth-order valence-corrected chi connectivity index (χ4v) is 4.28. The van der Waals surface area contributed by atoms with Crippen molar-refractivity contribution in [2.24, 2.45) is 0 Å². The first-order valence-corrected chi connectivity index (χ1v) is 11.0. The van der Waals surface area contributed by atoms with E-state index >= 15 is 0 Å². The molecule has 7 heteroatoms. The zero-order chi connectivity index (χ0) is 23.8. The van der Waals surface area contributed by atoms with Crippen molar-refractivity contribution in [1.82, 2.24) is 9.78 Å². The molecule has 34 heavy (non-hydrogen) atoms. The highest BCUT2D eigenvalue weighted by Gasteiger charge is 2.23. The second-order valence-electron chi connectivity index (χ2n) is 8.40. The summed E-state index contributed by atoms with van der Waals surface area (Å²) in [7, 11) is 0. The minimum Gasteiger partial charge on any atom is -0.322 e. The van der Waals surface area contributed by atoms with Gasteiger partial charge in [-0.15, -0.1) is 0 Å². The highest BCUT2D eigenvalue weighted by Crippen LogP contribution is 2.31. The van der Waals surface area contributed by atoms with E-state index in [4.69, 9.17) is 0 Å². The molecular formula is C27H23FN4O2. The Labute approximate surface area is 196 Å². The summed E-state index contributed by atoms with van der Waals surface area (Å²) >= 11 is 0. The Hall–Kier alpha value is -4.26. The van der Waals surface area contributed by atoms with E-state index < -0.39 is 0 Å². The summed E-state index contributed by atoms with van der Waals surface area (Å²) in [5.41, 5.74) is 6.01. The Morgan fingerprint density at radius 1 is 1.03 bits per heavy atom. The molecule has 0 bridgehead atoms. The van der Waals surface area contributed by atoms with Gasteiger partial charge in [0, 0.05) is 36.6 Å². The highest BCUT2D eigenvalue weighted by molar-refractivity contribution is 6.08. The number of halogens is 1. The summed E-state index contributed by atoms with van der Waals surface area (Å²) in [5, 5.41) is 7.64. The van der Waals surface area contributed by atoms with Crippen molar-refractivity contribution in [3.05, 3.63) is 95.4 Å². The molecule has 0 fully saturated rings. The predicted molar refractivity (Wildman–Crippen MR) is 130 cm³/mol. The van der Waals surface area contributed by atoms with Gasteiger partial charge >= 0.3 is 0 Å². The van der Waals surface area contributed by atoms with E-state index in [9.17, 15) is 14.0 Å². The molecule has 2 amide bonds. The van der Waals surface area contributed by atoms with E-state index in [0.29, 0.717) is 29.2 Å². The van der Waals surface area contributed by atoms with Gasteiger partial charge in [-0.1, -0.05) is 23.8 Å². The number of amides is 2. The van der Waals surface area contributed by atoms with Crippen LogP contribution in [0.15, 0.2) is 72.9 Å². The van der Waals surface area contributed by atoms with Gasteiger partial charge in [0.2, 0.25) is 5.91 Å². The number of rotatable bonds is 4. The van der Waals surface area contributed by atoms with Gasteiger partial charge in [-0.25, -0.2) is 9.07 Å². The molecule has 0 atom stereocenters. The van der Waals surface area contributed by atoms with Crippen molar-refractivity contribution in [3.8, 4) is 16.9 Å². The zero-order valence-corrected chi connectivity index (χ0v) is 18.9. The number of benzene rings is 3. The van der Waals surface area contributed by atoms with Crippen LogP contribution in [0.5, 0.6) is 0 Å². The van der Waals surface area contributed by atoms with E-state index in [0.717, 1.165) is 28.8 Å². The van der Waals surface area contributed by atoms with Crippen LogP contribution in [0.3, 0.4) is 0 Å². The fraction of sp³-hybridized carbons (Fsp3) is 0.148. The highest BCUT2D eigenvalue weighted by atomic mass is 19.1. The molecule has 0 aliphatic carbocycles. The third-order valence-electron chi connectivity index (χ3n) is 5.95. The van der Waals surface area contributed by atoms with Crippen LogP contribution in [-0.2, 0) is 11.2 Å². The lowest BCUT2D eigenvalue weighted by Crippen LogP contribution is -2.25. The predicted octanol–water partition coefficient (Wildman–Crippen LogP) is 5.15. The monoisotopic (exact) mass is 454 g/mol. The molecule has 1 aromatic heterocycles. The third kappa shape index (κ3) is 4.08. The lowest BCUT2D eigenvalue weighted by molar-refractivity contribution is -0.116. The van der Waals surface area contributed by atoms with Gasteiger partial charge < -0.3 is 10.2 Å². The summed E-state index contributed by atoms with van der Waals surface area (Å²) in [6.07, 6.45) is 2.40. The van der Waals surface area contributed by atoms with E-state index in [1.807, 2.05) is 43.3 Å². The van der Waals surface area contributed by atoms with Crippen molar-refractivity contribution in [2.45, 2.75) is 20.3 Å². The van der Waals surface area contributed by atoms with Crippen molar-refractivity contribution < 1.29 is 14.0 Å². The van der Waals surface area contributed by atoms with E-state index in [1.165, 1.54) is 12.1 Å². The van der Waals surface area contributed by atoms with E-state index in [1.54, 1.807) is 40.9 Å². The molecule has 170 valence electrons. The first-order valence-electron chi connectivity index (χ1n) is 11.0. The van der Waals surface area contributed by atoms with Crippen LogP contribution < -0.4 is 10.2 Å². The summed E-state index contributed by atoms with van der Waals surface area (Å²) in [6.45, 7) is 4.18. The standard InChI is InChI=1S/C27H23FN4O2/c1-17-4-3-5-20(14-17)26-24(16-32(30-26)23-9-6-21(28)7-10-23)27(34)29-22-8-11-25-19(15-22)12-13-31(25)18(2)33/h3-11,14-16H,12-13H2,1-2H3,(H,29,34). The van der Waals surface area contributed by atoms with Crippen LogP contribution >= 0.6 is 0 Å². The van der Waals surface area contributed by atoms with Crippen LogP contribution in [0.2, 0.25) is 0 Å². The Morgan fingerprint density at radius 2 is 1.82 bits per heavy atom. The molecule has 0 saturated carbocycles. The Morgan fingerprint density at radius 3 is 2.56 bits per heavy atom. The van der Waals surface area contributed by atoms with Gasteiger partial charge in [0.25, 0.3) is 5.91 Å². The van der Waals surface area contributed by atoms with Crippen LogP contribution in [0.1, 0.15) is 28.4 Å². The second kappa shape index (κ2) is 8.59. The minimum atomic E-state index is -0.340. The normalized spacial score (nSPS) is 12.5. The average molecular weight is 455 g/mol. The number of carbonyl (C=O) groups is 2. The molecule has 1 aliphatic rings. The largest absolute Gasteiger partial charge is 0.322 e. The third-order valence-corrected chi connectivity index (χ3v) is 5.95. The second-order valence-corrected chi connectivity index (χ2v) is 8.40. The number of carbonyl (C=O) groups excluding carboxylic acids is 2. The number of fused-ring (bicyclic) bond motifs is 1. The lowest BCUT2D eigenvalue weighted by atomic mass is 10.1. The van der Waals surface area contributed by atoms with Crippen LogP contribution in [0.4, 0.5) is 15.8 Å². The molecule has 2 heterocycles. The molecule has 0 unspecified atom stereocenters. The SMILES string of the molecule is CC(=O)N1CCc2cc(NC(=O)c3cn(-c4ccc(F)cc4)nc3-c3cccc(C)c3)ccc21. The molecule has 1 N–H and O–H groups in total. The Balaban J connectivity index is 1.50. The molecule has 4 aromatic rings. The molecule has 3 aromatic carbocycles. The smallest absolute Gasteiger partial charge is 0.259 e. The zero-order valence-electron chi connectivity index (χ0n) is 18.9. The van der Waals surface area contributed by atoms with Gasteiger partial charge in [0.05, 0.1) is 11.3 Å². The number of aryl methyl sites for hydroxylation is 1. The Bertz CT molecular complexity index is 1410. The van der Waals surface area contributed by atoms with Crippen LogP contribution in [-0.4, -0.2) is 28.1 Å². The number of hydrogen-bond donors (Lipinski definition) is 1. The molecular weight excluding hydrogens is 431 g/mol. The van der Waals surface area contributed by atoms with Crippen LogP contribution in [0, 0.1) is 12.7 Å². The van der Waals surface area contributed by atoms with Gasteiger partial charge in [0.1, 0.15) is 11.5 Å². The average Bonchev–Trinajstić information content (AvgIpc) is 3.44. The molecule has 0 spiro atoms. The quantitative estimate of drug-likeness (QED) is 0.464. The van der Waals surface area contributed by atoms with Crippen molar-refractivity contribution in [1.29, 1.82) is 0 Å². The van der Waals surface area contributed by atoms with Crippen molar-refractivity contribution in [3.63, 3.8) is 0 Å². The number of aromatic nitrogens is 2. The van der Waals surface area contributed by atoms with Gasteiger partial charge in [-0.05, 0) is 67.4 Å². The molecule has 0 radical (unpaired) electrons. The topological polar surface area (TPSA) is 67.2 Å². The summed E-state index contributed by atoms with van der Waals surface area (Å²) in [6, 6.07) is 19.3. The number of nitrogens with zero attached hydrogens (tertiary/aromatic N) is 3. The van der Waals surface area contributed by atoms with Gasteiger partial charge in [-0.2, -0.15) is 5.10 Å². The first-order chi connectivity index (χ1) is 16.4. The van der Waals surface area contributed by atoms with Gasteiger partial charge in [0.15, 0.2) is 0 Å². The molecule has 0 saturated heterocycles. The maximum atomic E-state index is 13.4. The molecule has 6 nitrogen and oxygen atoms in total. The Kier molecular flexibility index (Phi) is 5.45. The fourth-order valence-electron chi connectivity index (χ4n) is 4.28. The number of anilines is 2. The maximum Gasteiger partial charge on any atom is 0.259 e. The van der Waals surface area contributed by atoms with Crippen molar-refractivity contribution >= 4 is 23.2 Å². The maximum absolute atomic E-state index is 13.4. The van der Waals surface area contributed by atoms with Gasteiger partial charge in [-0.3, -0.25) is 9.59 Å². The molecule has 5 rings (SSSR count). The number of hydrogen-bond acceptors (Lipinski definition) is 3. The minimum absolute atomic E-state index is 0.00605. The number of nitrogens with one attached hydrogen (secondary N) is 1. The summed E-state index contributed by atoms with van der Waals surface area (Å²) in [5.74, 6) is -0.634. The lowest BCUT2D eigenvalue weighted by Gasteiger charge is -2.15. The first kappa shape index (κ1) is 21.6. The van der Waals surface area contributed by atoms with Crippen molar-refractivity contribution in [2.75, 3.05) is 16.8 Å². The summed E-state index contributed by atoms with van der Waals surface area (Å²) < 4.78 is 15.0.